The number of aromatic nitrogens is 3. The number of rotatable bonds is 3. The Morgan fingerprint density at radius 3 is 2.41 bits per heavy atom. The highest BCUT2D eigenvalue weighted by Crippen LogP contribution is 2.24. The molecule has 4 aromatic rings. The van der Waals surface area contributed by atoms with Crippen molar-refractivity contribution >= 4 is 38.6 Å². The van der Waals surface area contributed by atoms with Crippen LogP contribution in [0, 0.1) is 13.8 Å². The molecule has 0 saturated heterocycles. The molecule has 6 nitrogen and oxygen atoms in total. The first kappa shape index (κ1) is 19.3. The number of carbonyl (C=O) groups is 1. The quantitative estimate of drug-likeness (QED) is 0.503. The number of imidazole rings is 1. The molecule has 1 N–H and O–H groups in total. The van der Waals surface area contributed by atoms with Crippen molar-refractivity contribution in [2.24, 2.45) is 14.1 Å². The Morgan fingerprint density at radius 1 is 0.966 bits per heavy atom. The van der Waals surface area contributed by atoms with Crippen LogP contribution in [0.2, 0.25) is 0 Å². The summed E-state index contributed by atoms with van der Waals surface area (Å²) in [4.78, 5) is 25.1. The highest BCUT2D eigenvalue weighted by molar-refractivity contribution is 9.10. The van der Waals surface area contributed by atoms with Gasteiger partial charge in [-0.15, -0.1) is 0 Å². The van der Waals surface area contributed by atoms with Crippen LogP contribution in [0.4, 0.5) is 5.69 Å². The van der Waals surface area contributed by atoms with Gasteiger partial charge in [0.2, 0.25) is 0 Å². The highest BCUT2D eigenvalue weighted by Gasteiger charge is 2.18. The van der Waals surface area contributed by atoms with Crippen molar-refractivity contribution < 1.29 is 4.79 Å². The SMILES string of the molecule is Cc1cc(C(=O)Nc2ccc3c(c2)n(C)c(=O)n3C)c(C)n1-c1cccc(Br)c1. The number of hydrogen-bond donors (Lipinski definition) is 1. The molecule has 7 heteroatoms. The summed E-state index contributed by atoms with van der Waals surface area (Å²) in [7, 11) is 3.46. The Balaban J connectivity index is 1.69. The van der Waals surface area contributed by atoms with E-state index in [-0.39, 0.29) is 11.6 Å². The number of aryl methyl sites for hydroxylation is 3. The predicted molar refractivity (Wildman–Crippen MR) is 119 cm³/mol. The molecule has 0 radical (unpaired) electrons. The highest BCUT2D eigenvalue weighted by atomic mass is 79.9. The first-order valence-corrected chi connectivity index (χ1v) is 9.99. The van der Waals surface area contributed by atoms with Crippen molar-refractivity contribution in [1.82, 2.24) is 13.7 Å². The summed E-state index contributed by atoms with van der Waals surface area (Å²) >= 11 is 3.50. The normalized spacial score (nSPS) is 11.2. The third-order valence-electron chi connectivity index (χ3n) is 5.27. The van der Waals surface area contributed by atoms with Gasteiger partial charge in [0.15, 0.2) is 0 Å². The first-order chi connectivity index (χ1) is 13.8. The molecule has 0 unspecified atom stereocenters. The van der Waals surface area contributed by atoms with Crippen LogP contribution < -0.4 is 11.0 Å². The standard InChI is InChI=1S/C22H21BrN4O2/c1-13-10-18(14(2)27(13)17-7-5-6-15(23)11-17)21(28)24-16-8-9-19-20(12-16)26(4)22(29)25(19)3/h5-12H,1-4H3,(H,24,28). The number of fused-ring (bicyclic) bond motifs is 1. The van der Waals surface area contributed by atoms with Gasteiger partial charge in [-0.1, -0.05) is 22.0 Å². The number of hydrogen-bond acceptors (Lipinski definition) is 2. The van der Waals surface area contributed by atoms with E-state index in [1.165, 1.54) is 0 Å². The van der Waals surface area contributed by atoms with Gasteiger partial charge in [0.05, 0.1) is 16.6 Å². The molecule has 2 heterocycles. The fraction of sp³-hybridized carbons (Fsp3) is 0.182. The van der Waals surface area contributed by atoms with E-state index in [2.05, 4.69) is 25.8 Å². The number of anilines is 1. The number of carbonyl (C=O) groups excluding carboxylic acids is 1. The van der Waals surface area contributed by atoms with E-state index in [9.17, 15) is 9.59 Å². The van der Waals surface area contributed by atoms with E-state index in [0.29, 0.717) is 11.3 Å². The van der Waals surface area contributed by atoms with Gasteiger partial charge in [-0.3, -0.25) is 13.9 Å². The zero-order chi connectivity index (χ0) is 20.9. The Hall–Kier alpha value is -3.06. The molecule has 4 rings (SSSR count). The van der Waals surface area contributed by atoms with Crippen molar-refractivity contribution in [3.8, 4) is 5.69 Å². The van der Waals surface area contributed by atoms with E-state index in [1.54, 1.807) is 23.2 Å². The van der Waals surface area contributed by atoms with Crippen LogP contribution in [0.5, 0.6) is 0 Å². The van der Waals surface area contributed by atoms with E-state index < -0.39 is 0 Å². The molecule has 0 aliphatic carbocycles. The molecule has 0 aliphatic heterocycles. The van der Waals surface area contributed by atoms with Gasteiger partial charge in [0.1, 0.15) is 0 Å². The van der Waals surface area contributed by atoms with Crippen molar-refractivity contribution in [2.45, 2.75) is 13.8 Å². The minimum absolute atomic E-state index is 0.0963. The molecule has 0 spiro atoms. The lowest BCUT2D eigenvalue weighted by Crippen LogP contribution is -2.19. The molecule has 29 heavy (non-hydrogen) atoms. The van der Waals surface area contributed by atoms with Crippen LogP contribution in [-0.2, 0) is 14.1 Å². The Kier molecular flexibility index (Phi) is 4.70. The first-order valence-electron chi connectivity index (χ1n) is 9.19. The zero-order valence-corrected chi connectivity index (χ0v) is 18.2. The summed E-state index contributed by atoms with van der Waals surface area (Å²) in [5.41, 5.74) is 5.60. The van der Waals surface area contributed by atoms with Crippen LogP contribution in [-0.4, -0.2) is 19.6 Å². The molecule has 148 valence electrons. The maximum absolute atomic E-state index is 13.0. The lowest BCUT2D eigenvalue weighted by Gasteiger charge is -2.11. The average Bonchev–Trinajstić information content (AvgIpc) is 3.10. The van der Waals surface area contributed by atoms with Crippen molar-refractivity contribution in [1.29, 1.82) is 0 Å². The van der Waals surface area contributed by atoms with E-state index in [4.69, 9.17) is 0 Å². The fourth-order valence-electron chi connectivity index (χ4n) is 3.79. The number of nitrogens with zero attached hydrogens (tertiary/aromatic N) is 3. The average molecular weight is 453 g/mol. The zero-order valence-electron chi connectivity index (χ0n) is 16.7. The number of nitrogens with one attached hydrogen (secondary N) is 1. The molecule has 0 fully saturated rings. The third kappa shape index (κ3) is 3.21. The number of benzene rings is 2. The van der Waals surface area contributed by atoms with Gasteiger partial charge in [-0.05, 0) is 56.3 Å². The molecular formula is C22H21BrN4O2. The lowest BCUT2D eigenvalue weighted by molar-refractivity contribution is 0.102. The molecule has 2 aromatic heterocycles. The number of amides is 1. The largest absolute Gasteiger partial charge is 0.328 e. The monoisotopic (exact) mass is 452 g/mol. The van der Waals surface area contributed by atoms with Crippen molar-refractivity contribution in [3.63, 3.8) is 0 Å². The van der Waals surface area contributed by atoms with Crippen LogP contribution in [0.3, 0.4) is 0 Å². The molecule has 2 aromatic carbocycles. The summed E-state index contributed by atoms with van der Waals surface area (Å²) in [6, 6.07) is 15.3. The Morgan fingerprint density at radius 2 is 1.69 bits per heavy atom. The van der Waals surface area contributed by atoms with Gasteiger partial charge in [0, 0.05) is 41.3 Å². The van der Waals surface area contributed by atoms with Gasteiger partial charge in [0.25, 0.3) is 5.91 Å². The summed E-state index contributed by atoms with van der Waals surface area (Å²) in [6.07, 6.45) is 0. The Bertz CT molecular complexity index is 1330. The van der Waals surface area contributed by atoms with Crippen LogP contribution in [0.25, 0.3) is 16.7 Å². The predicted octanol–water partition coefficient (Wildman–Crippen LogP) is 4.30. The van der Waals surface area contributed by atoms with E-state index >= 15 is 0 Å². The van der Waals surface area contributed by atoms with Crippen molar-refractivity contribution in [3.05, 3.63) is 80.4 Å². The van der Waals surface area contributed by atoms with Gasteiger partial charge in [-0.2, -0.15) is 0 Å². The summed E-state index contributed by atoms with van der Waals surface area (Å²) in [5, 5.41) is 2.96. The molecular weight excluding hydrogens is 432 g/mol. The Labute approximate surface area is 176 Å². The van der Waals surface area contributed by atoms with Crippen LogP contribution in [0.1, 0.15) is 21.7 Å². The summed E-state index contributed by atoms with van der Waals surface area (Å²) < 4.78 is 6.20. The molecule has 1 amide bonds. The molecule has 0 bridgehead atoms. The second-order valence-electron chi connectivity index (χ2n) is 7.16. The second kappa shape index (κ2) is 7.08. The maximum Gasteiger partial charge on any atom is 0.328 e. The molecule has 0 saturated carbocycles. The minimum Gasteiger partial charge on any atom is -0.322 e. The lowest BCUT2D eigenvalue weighted by atomic mass is 10.2. The van der Waals surface area contributed by atoms with Crippen molar-refractivity contribution in [2.75, 3.05) is 5.32 Å². The minimum atomic E-state index is -0.181. The maximum atomic E-state index is 13.0. The fourth-order valence-corrected chi connectivity index (χ4v) is 4.18. The topological polar surface area (TPSA) is 61.0 Å². The summed E-state index contributed by atoms with van der Waals surface area (Å²) in [6.45, 7) is 3.92. The van der Waals surface area contributed by atoms with E-state index in [1.807, 2.05) is 62.4 Å². The van der Waals surface area contributed by atoms with Gasteiger partial charge in [-0.25, -0.2) is 4.79 Å². The smallest absolute Gasteiger partial charge is 0.322 e. The van der Waals surface area contributed by atoms with E-state index in [0.717, 1.165) is 32.6 Å². The molecule has 0 aliphatic rings. The van der Waals surface area contributed by atoms with Gasteiger partial charge >= 0.3 is 5.69 Å². The van der Waals surface area contributed by atoms with Crippen LogP contribution in [0.15, 0.2) is 57.8 Å². The molecule has 0 atom stereocenters. The number of halogens is 1. The second-order valence-corrected chi connectivity index (χ2v) is 8.07. The van der Waals surface area contributed by atoms with Gasteiger partial charge < -0.3 is 9.88 Å². The third-order valence-corrected chi connectivity index (χ3v) is 5.77. The summed E-state index contributed by atoms with van der Waals surface area (Å²) in [5.74, 6) is -0.181. The van der Waals surface area contributed by atoms with Crippen LogP contribution >= 0.6 is 15.9 Å².